The molecule has 0 bridgehead atoms. The Balaban J connectivity index is 1.78. The second-order valence-corrected chi connectivity index (χ2v) is 6.84. The van der Waals surface area contributed by atoms with E-state index in [9.17, 15) is 24.2 Å². The molecule has 8 nitrogen and oxygen atoms in total. The number of benzene rings is 2. The summed E-state index contributed by atoms with van der Waals surface area (Å²) >= 11 is 0. The van der Waals surface area contributed by atoms with Gasteiger partial charge in [0.25, 0.3) is 11.5 Å². The molecule has 29 heavy (non-hydrogen) atoms. The number of phenols is 2. The van der Waals surface area contributed by atoms with Crippen molar-refractivity contribution in [2.45, 2.75) is 6.42 Å². The largest absolute Gasteiger partial charge is 0.507 e. The summed E-state index contributed by atoms with van der Waals surface area (Å²) in [7, 11) is 0. The molecule has 1 saturated heterocycles. The van der Waals surface area contributed by atoms with Gasteiger partial charge in [-0.05, 0) is 6.07 Å². The summed E-state index contributed by atoms with van der Waals surface area (Å²) in [6.07, 6.45) is -0.100. The lowest BCUT2D eigenvalue weighted by Gasteiger charge is -2.28. The zero-order valence-electron chi connectivity index (χ0n) is 15.4. The van der Waals surface area contributed by atoms with Crippen LogP contribution in [0, 0.1) is 5.82 Å². The number of hydrogen-bond donors (Lipinski definition) is 4. The van der Waals surface area contributed by atoms with Crippen molar-refractivity contribution in [3.05, 3.63) is 63.3 Å². The molecular formula is C20H19FN4O4. The highest BCUT2D eigenvalue weighted by molar-refractivity contribution is 5.98. The molecule has 0 spiro atoms. The van der Waals surface area contributed by atoms with Crippen molar-refractivity contribution in [3.8, 4) is 11.5 Å². The number of hydrogen-bond acceptors (Lipinski definition) is 6. The number of halogens is 1. The molecule has 1 fully saturated rings. The summed E-state index contributed by atoms with van der Waals surface area (Å²) in [5.41, 5.74) is -0.507. The molecule has 4 N–H and O–H groups in total. The molecule has 1 amide bonds. The third-order valence-electron chi connectivity index (χ3n) is 5.07. The van der Waals surface area contributed by atoms with Crippen LogP contribution < -0.4 is 10.9 Å². The van der Waals surface area contributed by atoms with E-state index in [1.54, 1.807) is 24.3 Å². The predicted octanol–water partition coefficient (Wildman–Crippen LogP) is 1.11. The fourth-order valence-corrected chi connectivity index (χ4v) is 3.54. The second kappa shape index (κ2) is 7.51. The van der Waals surface area contributed by atoms with Crippen LogP contribution in [0.2, 0.25) is 0 Å². The molecule has 0 aliphatic carbocycles. The number of aromatic hydroxyl groups is 2. The monoisotopic (exact) mass is 398 g/mol. The van der Waals surface area contributed by atoms with E-state index < -0.39 is 28.8 Å². The van der Waals surface area contributed by atoms with Crippen LogP contribution in [0.1, 0.15) is 21.6 Å². The van der Waals surface area contributed by atoms with Crippen LogP contribution in [0.15, 0.2) is 35.1 Å². The van der Waals surface area contributed by atoms with Gasteiger partial charge in [-0.1, -0.05) is 18.2 Å². The van der Waals surface area contributed by atoms with Crippen LogP contribution in [-0.2, 0) is 6.42 Å². The van der Waals surface area contributed by atoms with Crippen molar-refractivity contribution < 1.29 is 19.4 Å². The Hall–Kier alpha value is -3.46. The van der Waals surface area contributed by atoms with Gasteiger partial charge in [-0.2, -0.15) is 5.10 Å². The van der Waals surface area contributed by atoms with E-state index in [1.165, 1.54) is 4.90 Å². The van der Waals surface area contributed by atoms with Crippen molar-refractivity contribution in [2.75, 3.05) is 26.2 Å². The Morgan fingerprint density at radius 2 is 1.86 bits per heavy atom. The molecule has 2 aromatic carbocycles. The number of aromatic amines is 1. The van der Waals surface area contributed by atoms with E-state index in [1.807, 2.05) is 0 Å². The fourth-order valence-electron chi connectivity index (χ4n) is 3.54. The Labute approximate surface area is 164 Å². The van der Waals surface area contributed by atoms with Crippen molar-refractivity contribution in [1.29, 1.82) is 0 Å². The van der Waals surface area contributed by atoms with Crippen LogP contribution in [-0.4, -0.2) is 57.4 Å². The molecule has 1 aliphatic rings. The molecule has 150 valence electrons. The summed E-state index contributed by atoms with van der Waals surface area (Å²) in [6.45, 7) is 1.93. The van der Waals surface area contributed by atoms with Gasteiger partial charge in [0, 0.05) is 49.6 Å². The van der Waals surface area contributed by atoms with Gasteiger partial charge in [0.15, 0.2) is 0 Å². The third kappa shape index (κ3) is 3.40. The molecule has 4 rings (SSSR count). The number of carbonyl (C=O) groups excluding carboxylic acids is 1. The van der Waals surface area contributed by atoms with Gasteiger partial charge in [-0.3, -0.25) is 9.59 Å². The number of nitrogens with zero attached hydrogens (tertiary/aromatic N) is 2. The lowest BCUT2D eigenvalue weighted by atomic mass is 9.99. The number of nitrogens with one attached hydrogen (secondary N) is 2. The Kier molecular flexibility index (Phi) is 4.89. The zero-order valence-corrected chi connectivity index (χ0v) is 15.4. The van der Waals surface area contributed by atoms with Crippen molar-refractivity contribution >= 4 is 16.7 Å². The lowest BCUT2D eigenvalue weighted by Crippen LogP contribution is -2.46. The highest BCUT2D eigenvalue weighted by Crippen LogP contribution is 2.36. The summed E-state index contributed by atoms with van der Waals surface area (Å²) < 4.78 is 14.5. The van der Waals surface area contributed by atoms with Crippen LogP contribution in [0.3, 0.4) is 0 Å². The zero-order chi connectivity index (χ0) is 20.5. The van der Waals surface area contributed by atoms with Crippen molar-refractivity contribution in [3.63, 3.8) is 0 Å². The van der Waals surface area contributed by atoms with Gasteiger partial charge < -0.3 is 20.4 Å². The molecule has 9 heteroatoms. The molecule has 2 heterocycles. The minimum atomic E-state index is -0.994. The minimum absolute atomic E-state index is 0.0328. The van der Waals surface area contributed by atoms with Crippen LogP contribution in [0.25, 0.3) is 10.8 Å². The summed E-state index contributed by atoms with van der Waals surface area (Å²) in [5, 5.41) is 31.3. The van der Waals surface area contributed by atoms with Gasteiger partial charge in [0.05, 0.1) is 11.1 Å². The molecular weight excluding hydrogens is 379 g/mol. The molecule has 1 aliphatic heterocycles. The fraction of sp³-hybridized carbons (Fsp3) is 0.250. The first kappa shape index (κ1) is 18.9. The van der Waals surface area contributed by atoms with E-state index in [2.05, 4.69) is 15.5 Å². The van der Waals surface area contributed by atoms with Crippen molar-refractivity contribution in [2.24, 2.45) is 0 Å². The quantitative estimate of drug-likeness (QED) is 0.525. The number of aromatic nitrogens is 2. The SMILES string of the molecule is O=C(c1c(F)cc(O)c(Cc2n[nH]c(=O)c3ccccc23)c1O)N1CCNCC1. The topological polar surface area (TPSA) is 119 Å². The van der Waals surface area contributed by atoms with E-state index in [-0.39, 0.29) is 17.5 Å². The first-order chi connectivity index (χ1) is 14.0. The number of rotatable bonds is 3. The van der Waals surface area contributed by atoms with Gasteiger partial charge in [0.2, 0.25) is 0 Å². The molecule has 1 aromatic heterocycles. The van der Waals surface area contributed by atoms with Gasteiger partial charge in [-0.15, -0.1) is 0 Å². The second-order valence-electron chi connectivity index (χ2n) is 6.84. The average molecular weight is 398 g/mol. The number of H-pyrrole nitrogens is 1. The maximum atomic E-state index is 14.5. The van der Waals surface area contributed by atoms with Crippen LogP contribution >= 0.6 is 0 Å². The summed E-state index contributed by atoms with van der Waals surface area (Å²) in [6, 6.07) is 7.58. The lowest BCUT2D eigenvalue weighted by molar-refractivity contribution is 0.0727. The summed E-state index contributed by atoms with van der Waals surface area (Å²) in [5.74, 6) is -2.74. The molecule has 0 unspecified atom stereocenters. The minimum Gasteiger partial charge on any atom is -0.507 e. The number of phenolic OH excluding ortho intramolecular Hbond substituents is 2. The number of fused-ring (bicyclic) bond motifs is 1. The number of carbonyl (C=O) groups is 1. The highest BCUT2D eigenvalue weighted by Gasteiger charge is 2.28. The van der Waals surface area contributed by atoms with E-state index >= 15 is 0 Å². The van der Waals surface area contributed by atoms with Crippen molar-refractivity contribution in [1.82, 2.24) is 20.4 Å². The van der Waals surface area contributed by atoms with Gasteiger partial charge in [-0.25, -0.2) is 9.49 Å². The van der Waals surface area contributed by atoms with Crippen LogP contribution in [0.4, 0.5) is 4.39 Å². The van der Waals surface area contributed by atoms with E-state index in [0.717, 1.165) is 6.07 Å². The molecule has 0 radical (unpaired) electrons. The maximum Gasteiger partial charge on any atom is 0.272 e. The highest BCUT2D eigenvalue weighted by atomic mass is 19.1. The first-order valence-corrected chi connectivity index (χ1v) is 9.17. The summed E-state index contributed by atoms with van der Waals surface area (Å²) in [4.78, 5) is 26.2. The normalized spacial score (nSPS) is 14.3. The van der Waals surface area contributed by atoms with Crippen LogP contribution in [0.5, 0.6) is 11.5 Å². The molecule has 3 aromatic rings. The number of piperazine rings is 1. The Morgan fingerprint density at radius 3 is 2.59 bits per heavy atom. The third-order valence-corrected chi connectivity index (χ3v) is 5.07. The predicted molar refractivity (Wildman–Crippen MR) is 104 cm³/mol. The average Bonchev–Trinajstić information content (AvgIpc) is 2.73. The standard InChI is InChI=1S/C20H19FN4O4/c21-14-10-16(26)13(18(27)17(14)20(29)25-7-5-22-6-8-25)9-15-11-3-1-2-4-12(11)19(28)24-23-15/h1-4,10,22,26-27H,5-9H2,(H,24,28). The van der Waals surface area contributed by atoms with E-state index in [4.69, 9.17) is 0 Å². The molecule has 0 atom stereocenters. The maximum absolute atomic E-state index is 14.5. The first-order valence-electron chi connectivity index (χ1n) is 9.17. The number of amides is 1. The van der Waals surface area contributed by atoms with Gasteiger partial charge in [0.1, 0.15) is 22.9 Å². The Morgan fingerprint density at radius 1 is 1.17 bits per heavy atom. The van der Waals surface area contributed by atoms with E-state index in [0.29, 0.717) is 42.6 Å². The smallest absolute Gasteiger partial charge is 0.272 e. The molecule has 0 saturated carbocycles. The van der Waals surface area contributed by atoms with Gasteiger partial charge >= 0.3 is 0 Å². The Bertz CT molecular complexity index is 1160.